The Bertz CT molecular complexity index is 437. The van der Waals surface area contributed by atoms with Crippen LogP contribution in [0.1, 0.15) is 0 Å². The van der Waals surface area contributed by atoms with Crippen molar-refractivity contribution in [1.29, 1.82) is 0 Å². The lowest BCUT2D eigenvalue weighted by atomic mass is 10.3. The molecule has 1 aromatic carbocycles. The first-order valence-corrected chi connectivity index (χ1v) is 3.71. The van der Waals surface area contributed by atoms with Gasteiger partial charge in [0.1, 0.15) is 11.3 Å². The maximum absolute atomic E-state index is 12.8. The molecule has 0 saturated carbocycles. The molecular weight excluding hydrogens is 181 g/mol. The molecule has 0 amide bonds. The van der Waals surface area contributed by atoms with Gasteiger partial charge in [-0.3, -0.25) is 0 Å². The summed E-state index contributed by atoms with van der Waals surface area (Å²) >= 11 is 5.57. The summed E-state index contributed by atoms with van der Waals surface area (Å²) in [5.74, 6) is -0.468. The summed E-state index contributed by atoms with van der Waals surface area (Å²) in [5.41, 5.74) is 1.24. The maximum Gasteiger partial charge on any atom is 0.144 e. The molecule has 0 radical (unpaired) electrons. The lowest BCUT2D eigenvalue weighted by Gasteiger charge is -1.94. The number of fused-ring (bicyclic) bond motifs is 1. The largest absolute Gasteiger partial charge is 0.248 e. The highest BCUT2D eigenvalue weighted by Gasteiger charge is 2.06. The predicted octanol–water partition coefficient (Wildman–Crippen LogP) is 1.76. The van der Waals surface area contributed by atoms with Gasteiger partial charge in [-0.2, -0.15) is 0 Å². The van der Waals surface area contributed by atoms with Crippen LogP contribution in [-0.4, -0.2) is 15.0 Å². The van der Waals surface area contributed by atoms with Crippen LogP contribution in [0.2, 0.25) is 5.02 Å². The van der Waals surface area contributed by atoms with Gasteiger partial charge in [0.05, 0.1) is 10.5 Å². The zero-order valence-corrected chi connectivity index (χ0v) is 7.01. The van der Waals surface area contributed by atoms with E-state index < -0.39 is 5.82 Å². The summed E-state index contributed by atoms with van der Waals surface area (Å²) in [6, 6.07) is 2.77. The van der Waals surface area contributed by atoms with E-state index in [1.54, 1.807) is 11.7 Å². The van der Waals surface area contributed by atoms with Crippen LogP contribution >= 0.6 is 11.6 Å². The number of halogens is 2. The third-order valence-electron chi connectivity index (χ3n) is 1.65. The first-order valence-electron chi connectivity index (χ1n) is 3.33. The van der Waals surface area contributed by atoms with Gasteiger partial charge in [-0.1, -0.05) is 16.8 Å². The number of aromatic nitrogens is 3. The molecule has 5 heteroatoms. The molecule has 0 atom stereocenters. The highest BCUT2D eigenvalue weighted by Crippen LogP contribution is 2.20. The maximum atomic E-state index is 12.8. The fraction of sp³-hybridized carbons (Fsp3) is 0.143. The van der Waals surface area contributed by atoms with Gasteiger partial charge in [0.2, 0.25) is 0 Å². The van der Waals surface area contributed by atoms with E-state index in [0.29, 0.717) is 5.52 Å². The SMILES string of the molecule is Cn1nnc2cc(F)c(Cl)cc21. The summed E-state index contributed by atoms with van der Waals surface area (Å²) in [5, 5.41) is 7.54. The third-order valence-corrected chi connectivity index (χ3v) is 1.94. The topological polar surface area (TPSA) is 30.7 Å². The van der Waals surface area contributed by atoms with Crippen molar-refractivity contribution in [2.45, 2.75) is 0 Å². The fourth-order valence-electron chi connectivity index (χ4n) is 1.03. The molecule has 0 N–H and O–H groups in total. The lowest BCUT2D eigenvalue weighted by Crippen LogP contribution is -1.89. The monoisotopic (exact) mass is 185 g/mol. The molecular formula is C7H5ClFN3. The second kappa shape index (κ2) is 2.42. The van der Waals surface area contributed by atoms with Gasteiger partial charge in [-0.15, -0.1) is 5.10 Å². The second-order valence-electron chi connectivity index (χ2n) is 2.47. The van der Waals surface area contributed by atoms with Crippen molar-refractivity contribution in [1.82, 2.24) is 15.0 Å². The summed E-state index contributed by atoms with van der Waals surface area (Å²) < 4.78 is 14.4. The number of hydrogen-bond donors (Lipinski definition) is 0. The molecule has 0 bridgehead atoms. The second-order valence-corrected chi connectivity index (χ2v) is 2.88. The molecule has 12 heavy (non-hydrogen) atoms. The molecule has 0 aliphatic heterocycles. The Morgan fingerprint density at radius 2 is 2.25 bits per heavy atom. The standard InChI is InChI=1S/C7H5ClFN3/c1-12-7-2-4(8)5(9)3-6(7)10-11-12/h2-3H,1H3. The van der Waals surface area contributed by atoms with Crippen LogP contribution in [0.25, 0.3) is 11.0 Å². The normalized spacial score (nSPS) is 10.9. The molecule has 62 valence electrons. The van der Waals surface area contributed by atoms with Crippen molar-refractivity contribution in [3.8, 4) is 0 Å². The van der Waals surface area contributed by atoms with E-state index in [1.807, 2.05) is 0 Å². The van der Waals surface area contributed by atoms with Crippen molar-refractivity contribution in [2.24, 2.45) is 7.05 Å². The van der Waals surface area contributed by atoms with Crippen molar-refractivity contribution < 1.29 is 4.39 Å². The molecule has 0 spiro atoms. The molecule has 0 saturated heterocycles. The highest BCUT2D eigenvalue weighted by atomic mass is 35.5. The smallest absolute Gasteiger partial charge is 0.144 e. The number of benzene rings is 1. The van der Waals surface area contributed by atoms with Crippen molar-refractivity contribution in [3.05, 3.63) is 23.0 Å². The Balaban J connectivity index is 2.87. The number of aryl methyl sites for hydroxylation is 1. The zero-order chi connectivity index (χ0) is 8.72. The molecule has 0 aliphatic carbocycles. The molecule has 0 unspecified atom stereocenters. The van der Waals surface area contributed by atoms with Gasteiger partial charge in [0, 0.05) is 13.1 Å². The quantitative estimate of drug-likeness (QED) is 0.626. The Morgan fingerprint density at radius 3 is 3.00 bits per heavy atom. The van der Waals surface area contributed by atoms with Crippen LogP contribution in [0.3, 0.4) is 0 Å². The minimum atomic E-state index is -0.468. The first kappa shape index (κ1) is 7.49. The molecule has 0 aliphatic rings. The fourth-order valence-corrected chi connectivity index (χ4v) is 1.19. The van der Waals surface area contributed by atoms with Gasteiger partial charge in [0.15, 0.2) is 0 Å². The van der Waals surface area contributed by atoms with Gasteiger partial charge in [-0.25, -0.2) is 9.07 Å². The van der Waals surface area contributed by atoms with E-state index in [0.717, 1.165) is 5.52 Å². The molecule has 1 aromatic heterocycles. The van der Waals surface area contributed by atoms with Crippen molar-refractivity contribution in [3.63, 3.8) is 0 Å². The van der Waals surface area contributed by atoms with E-state index in [1.165, 1.54) is 12.1 Å². The van der Waals surface area contributed by atoms with Gasteiger partial charge in [0.25, 0.3) is 0 Å². The summed E-state index contributed by atoms with van der Waals surface area (Å²) in [7, 11) is 1.73. The van der Waals surface area contributed by atoms with E-state index in [9.17, 15) is 4.39 Å². The van der Waals surface area contributed by atoms with Gasteiger partial charge < -0.3 is 0 Å². The van der Waals surface area contributed by atoms with E-state index in [4.69, 9.17) is 11.6 Å². The summed E-state index contributed by atoms with van der Waals surface area (Å²) in [6.07, 6.45) is 0. The van der Waals surface area contributed by atoms with Crippen LogP contribution < -0.4 is 0 Å². The van der Waals surface area contributed by atoms with Crippen molar-refractivity contribution >= 4 is 22.6 Å². The Labute approximate surface area is 72.7 Å². The zero-order valence-electron chi connectivity index (χ0n) is 6.25. The van der Waals surface area contributed by atoms with Crippen molar-refractivity contribution in [2.75, 3.05) is 0 Å². The van der Waals surface area contributed by atoms with E-state index >= 15 is 0 Å². The van der Waals surface area contributed by atoms with Gasteiger partial charge in [-0.05, 0) is 6.07 Å². The molecule has 0 fully saturated rings. The Kier molecular flexibility index (Phi) is 1.51. The predicted molar refractivity (Wildman–Crippen MR) is 43.5 cm³/mol. The minimum absolute atomic E-state index is 0.0906. The van der Waals surface area contributed by atoms with Crippen LogP contribution in [0.5, 0.6) is 0 Å². The molecule has 2 rings (SSSR count). The van der Waals surface area contributed by atoms with Crippen LogP contribution in [0.15, 0.2) is 12.1 Å². The molecule has 3 nitrogen and oxygen atoms in total. The first-order chi connectivity index (χ1) is 5.68. The van der Waals surface area contributed by atoms with E-state index in [-0.39, 0.29) is 5.02 Å². The van der Waals surface area contributed by atoms with Crippen LogP contribution in [0, 0.1) is 5.82 Å². The average molecular weight is 186 g/mol. The van der Waals surface area contributed by atoms with Gasteiger partial charge >= 0.3 is 0 Å². The molecule has 1 heterocycles. The molecule has 2 aromatic rings. The Hall–Kier alpha value is -1.16. The number of rotatable bonds is 0. The Morgan fingerprint density at radius 1 is 1.50 bits per heavy atom. The summed E-state index contributed by atoms with van der Waals surface area (Å²) in [6.45, 7) is 0. The highest BCUT2D eigenvalue weighted by molar-refractivity contribution is 6.31. The number of hydrogen-bond acceptors (Lipinski definition) is 2. The van der Waals surface area contributed by atoms with Crippen LogP contribution in [0.4, 0.5) is 4.39 Å². The minimum Gasteiger partial charge on any atom is -0.248 e. The third kappa shape index (κ3) is 0.956. The van der Waals surface area contributed by atoms with Crippen LogP contribution in [-0.2, 0) is 7.05 Å². The average Bonchev–Trinajstić information content (AvgIpc) is 2.35. The summed E-state index contributed by atoms with van der Waals surface area (Å²) in [4.78, 5) is 0. The van der Waals surface area contributed by atoms with E-state index in [2.05, 4.69) is 10.3 Å². The lowest BCUT2D eigenvalue weighted by molar-refractivity contribution is 0.630. The number of nitrogens with zero attached hydrogens (tertiary/aromatic N) is 3.